The SMILES string of the molecule is CCN(CC(=O)O)C(=O)c1ccc(SCCC(C)C)c([N+](=O)[O-])c1. The van der Waals surface area contributed by atoms with Gasteiger partial charge in [-0.1, -0.05) is 13.8 Å². The molecule has 0 saturated carbocycles. The normalized spacial score (nSPS) is 10.7. The van der Waals surface area contributed by atoms with Crippen molar-refractivity contribution in [2.75, 3.05) is 18.8 Å². The average Bonchev–Trinajstić information content (AvgIpc) is 2.51. The number of nitrogens with zero attached hydrogens (tertiary/aromatic N) is 2. The van der Waals surface area contributed by atoms with Gasteiger partial charge in [0.05, 0.1) is 9.82 Å². The van der Waals surface area contributed by atoms with Crippen LogP contribution in [0.2, 0.25) is 0 Å². The average molecular weight is 354 g/mol. The Balaban J connectivity index is 3.01. The highest BCUT2D eigenvalue weighted by Gasteiger charge is 2.22. The van der Waals surface area contributed by atoms with Gasteiger partial charge >= 0.3 is 5.97 Å². The summed E-state index contributed by atoms with van der Waals surface area (Å²) in [5.74, 6) is -0.389. The van der Waals surface area contributed by atoms with Gasteiger partial charge in [-0.2, -0.15) is 0 Å². The Labute approximate surface area is 145 Å². The number of nitro benzene ring substituents is 1. The number of hydrogen-bond donors (Lipinski definition) is 1. The summed E-state index contributed by atoms with van der Waals surface area (Å²) in [5, 5.41) is 20.1. The van der Waals surface area contributed by atoms with E-state index in [4.69, 9.17) is 5.11 Å². The first-order valence-corrected chi connectivity index (χ1v) is 8.67. The molecular weight excluding hydrogens is 332 g/mol. The maximum absolute atomic E-state index is 12.3. The molecule has 0 radical (unpaired) electrons. The summed E-state index contributed by atoms with van der Waals surface area (Å²) in [6.45, 7) is 5.60. The van der Waals surface area contributed by atoms with Crippen molar-refractivity contribution in [3.05, 3.63) is 33.9 Å². The molecule has 0 bridgehead atoms. The molecule has 0 unspecified atom stereocenters. The van der Waals surface area contributed by atoms with E-state index in [1.807, 2.05) is 0 Å². The number of amides is 1. The second-order valence-electron chi connectivity index (χ2n) is 5.68. The monoisotopic (exact) mass is 354 g/mol. The Morgan fingerprint density at radius 2 is 2.04 bits per heavy atom. The number of rotatable bonds is 9. The molecule has 1 aromatic rings. The number of benzene rings is 1. The van der Waals surface area contributed by atoms with Crippen LogP contribution in [0.5, 0.6) is 0 Å². The Kier molecular flexibility index (Phi) is 7.70. The third kappa shape index (κ3) is 5.84. The number of nitro groups is 1. The van der Waals surface area contributed by atoms with Crippen LogP contribution in [-0.2, 0) is 4.79 Å². The molecule has 8 heteroatoms. The van der Waals surface area contributed by atoms with Gasteiger partial charge in [-0.15, -0.1) is 11.8 Å². The highest BCUT2D eigenvalue weighted by Crippen LogP contribution is 2.31. The molecule has 0 aliphatic rings. The van der Waals surface area contributed by atoms with Crippen LogP contribution < -0.4 is 0 Å². The fourth-order valence-electron chi connectivity index (χ4n) is 1.99. The lowest BCUT2D eigenvalue weighted by Gasteiger charge is -2.18. The third-order valence-corrected chi connectivity index (χ3v) is 4.45. The van der Waals surface area contributed by atoms with Crippen molar-refractivity contribution in [1.82, 2.24) is 4.90 Å². The highest BCUT2D eigenvalue weighted by molar-refractivity contribution is 7.99. The van der Waals surface area contributed by atoms with E-state index in [0.29, 0.717) is 10.8 Å². The van der Waals surface area contributed by atoms with Crippen LogP contribution in [0, 0.1) is 16.0 Å². The molecule has 0 saturated heterocycles. The lowest BCUT2D eigenvalue weighted by Crippen LogP contribution is -2.35. The van der Waals surface area contributed by atoms with Crippen molar-refractivity contribution < 1.29 is 19.6 Å². The predicted molar refractivity (Wildman–Crippen MR) is 92.5 cm³/mol. The molecule has 1 aromatic carbocycles. The Bertz CT molecular complexity index is 618. The van der Waals surface area contributed by atoms with Crippen molar-refractivity contribution in [3.8, 4) is 0 Å². The van der Waals surface area contributed by atoms with Gasteiger partial charge < -0.3 is 10.0 Å². The molecule has 0 spiro atoms. The first-order chi connectivity index (χ1) is 11.3. The highest BCUT2D eigenvalue weighted by atomic mass is 32.2. The summed E-state index contributed by atoms with van der Waals surface area (Å²) in [7, 11) is 0. The van der Waals surface area contributed by atoms with E-state index in [2.05, 4.69) is 13.8 Å². The molecule has 7 nitrogen and oxygen atoms in total. The van der Waals surface area contributed by atoms with Crippen molar-refractivity contribution in [1.29, 1.82) is 0 Å². The van der Waals surface area contributed by atoms with Gasteiger partial charge in [-0.05, 0) is 37.1 Å². The fourth-order valence-corrected chi connectivity index (χ4v) is 3.25. The summed E-state index contributed by atoms with van der Waals surface area (Å²) in [4.78, 5) is 35.6. The van der Waals surface area contributed by atoms with Crippen LogP contribution in [0.3, 0.4) is 0 Å². The largest absolute Gasteiger partial charge is 0.480 e. The molecule has 0 aliphatic heterocycles. The number of carbonyl (C=O) groups excluding carboxylic acids is 1. The van der Waals surface area contributed by atoms with E-state index in [1.54, 1.807) is 13.0 Å². The van der Waals surface area contributed by atoms with Crippen LogP contribution >= 0.6 is 11.8 Å². The maximum atomic E-state index is 12.3. The van der Waals surface area contributed by atoms with Gasteiger partial charge in [0.2, 0.25) is 0 Å². The first-order valence-electron chi connectivity index (χ1n) is 7.68. The molecule has 1 rings (SSSR count). The summed E-state index contributed by atoms with van der Waals surface area (Å²) in [6.07, 6.45) is 0.935. The molecule has 0 aromatic heterocycles. The number of carboxylic acid groups (broad SMARTS) is 1. The molecule has 24 heavy (non-hydrogen) atoms. The van der Waals surface area contributed by atoms with Gasteiger partial charge in [0.1, 0.15) is 6.54 Å². The molecule has 0 atom stereocenters. The predicted octanol–water partition coefficient (Wildman–Crippen LogP) is 3.28. The number of thioether (sulfide) groups is 1. The molecule has 0 fully saturated rings. The number of likely N-dealkylation sites (N-methyl/N-ethyl adjacent to an activating group) is 1. The summed E-state index contributed by atoms with van der Waals surface area (Å²) in [5.41, 5.74) is -0.000932. The van der Waals surface area contributed by atoms with Crippen molar-refractivity contribution in [2.24, 2.45) is 5.92 Å². The smallest absolute Gasteiger partial charge is 0.323 e. The van der Waals surface area contributed by atoms with E-state index in [0.717, 1.165) is 17.1 Å². The van der Waals surface area contributed by atoms with E-state index < -0.39 is 23.3 Å². The second-order valence-corrected chi connectivity index (χ2v) is 6.82. The van der Waals surface area contributed by atoms with Crippen molar-refractivity contribution in [2.45, 2.75) is 32.1 Å². The minimum absolute atomic E-state index is 0.123. The molecule has 1 N–H and O–H groups in total. The molecule has 132 valence electrons. The van der Waals surface area contributed by atoms with Gasteiger partial charge in [0.15, 0.2) is 0 Å². The van der Waals surface area contributed by atoms with Gasteiger partial charge in [0.25, 0.3) is 11.6 Å². The maximum Gasteiger partial charge on any atom is 0.323 e. The van der Waals surface area contributed by atoms with Crippen LogP contribution in [0.1, 0.15) is 37.6 Å². The Morgan fingerprint density at radius 3 is 2.54 bits per heavy atom. The minimum atomic E-state index is -1.12. The van der Waals surface area contributed by atoms with E-state index in [1.165, 1.54) is 23.9 Å². The van der Waals surface area contributed by atoms with Crippen LogP contribution in [0.15, 0.2) is 23.1 Å². The van der Waals surface area contributed by atoms with Gasteiger partial charge in [-0.25, -0.2) is 0 Å². The minimum Gasteiger partial charge on any atom is -0.480 e. The van der Waals surface area contributed by atoms with Gasteiger partial charge in [-0.3, -0.25) is 19.7 Å². The second kappa shape index (κ2) is 9.27. The summed E-state index contributed by atoms with van der Waals surface area (Å²) in [6, 6.07) is 4.30. The van der Waals surface area contributed by atoms with E-state index in [9.17, 15) is 19.7 Å². The molecule has 0 aliphatic carbocycles. The van der Waals surface area contributed by atoms with E-state index in [-0.39, 0.29) is 17.8 Å². The molecule has 1 amide bonds. The number of hydrogen-bond acceptors (Lipinski definition) is 5. The van der Waals surface area contributed by atoms with Crippen molar-refractivity contribution in [3.63, 3.8) is 0 Å². The van der Waals surface area contributed by atoms with Gasteiger partial charge in [0, 0.05) is 18.2 Å². The third-order valence-electron chi connectivity index (χ3n) is 3.35. The standard InChI is InChI=1S/C16H22N2O5S/c1-4-17(10-15(19)20)16(21)12-5-6-14(13(9-12)18(22)23)24-8-7-11(2)3/h5-6,9,11H,4,7-8,10H2,1-3H3,(H,19,20). The lowest BCUT2D eigenvalue weighted by atomic mass is 10.1. The van der Waals surface area contributed by atoms with E-state index >= 15 is 0 Å². The topological polar surface area (TPSA) is 101 Å². The first kappa shape index (κ1) is 20.0. The van der Waals surface area contributed by atoms with Crippen molar-refractivity contribution >= 4 is 29.3 Å². The summed E-state index contributed by atoms with van der Waals surface area (Å²) < 4.78 is 0. The molecular formula is C16H22N2O5S. The summed E-state index contributed by atoms with van der Waals surface area (Å²) >= 11 is 1.39. The fraction of sp³-hybridized carbons (Fsp3) is 0.500. The van der Waals surface area contributed by atoms with Crippen LogP contribution in [0.4, 0.5) is 5.69 Å². The Morgan fingerprint density at radius 1 is 1.38 bits per heavy atom. The zero-order valence-electron chi connectivity index (χ0n) is 14.0. The lowest BCUT2D eigenvalue weighted by molar-refractivity contribution is -0.387. The van der Waals surface area contributed by atoms with Crippen LogP contribution in [-0.4, -0.2) is 45.6 Å². The number of carbonyl (C=O) groups is 2. The zero-order valence-corrected chi connectivity index (χ0v) is 14.8. The zero-order chi connectivity index (χ0) is 18.3. The van der Waals surface area contributed by atoms with Crippen LogP contribution in [0.25, 0.3) is 0 Å². The number of carboxylic acids is 1. The molecule has 0 heterocycles. The Hall–Kier alpha value is -2.09. The number of aliphatic carboxylic acids is 1. The quantitative estimate of drug-likeness (QED) is 0.415.